The Hall–Kier alpha value is -1.25. The molecule has 0 N–H and O–H groups in total. The highest BCUT2D eigenvalue weighted by Crippen LogP contribution is 2.28. The number of aromatic nitrogens is 2. The number of hydrogen-bond donors (Lipinski definition) is 0. The van der Waals surface area contributed by atoms with Crippen LogP contribution >= 0.6 is 22.7 Å². The first-order chi connectivity index (χ1) is 8.60. The average molecular weight is 277 g/mol. The molecule has 2 rings (SSSR count). The monoisotopic (exact) mass is 277 g/mol. The zero-order valence-corrected chi connectivity index (χ0v) is 12.3. The third kappa shape index (κ3) is 2.95. The van der Waals surface area contributed by atoms with Gasteiger partial charge in [-0.3, -0.25) is 0 Å². The van der Waals surface area contributed by atoms with E-state index < -0.39 is 0 Å². The van der Waals surface area contributed by atoms with Crippen LogP contribution in [-0.4, -0.2) is 9.97 Å². The molecular formula is C13H15N3S2. The molecule has 2 heterocycles. The molecular weight excluding hydrogens is 262 g/mol. The van der Waals surface area contributed by atoms with Crippen LogP contribution in [0.3, 0.4) is 0 Å². The summed E-state index contributed by atoms with van der Waals surface area (Å²) in [6, 6.07) is 2.13. The Balaban J connectivity index is 2.06. The SMILES string of the molecule is CC(C)c1ncc(CC(C)c2ncc(C#N)s2)s1. The van der Waals surface area contributed by atoms with Crippen molar-refractivity contribution < 1.29 is 0 Å². The molecule has 0 radical (unpaired) electrons. The minimum Gasteiger partial charge on any atom is -0.249 e. The van der Waals surface area contributed by atoms with E-state index >= 15 is 0 Å². The van der Waals surface area contributed by atoms with E-state index in [1.165, 1.54) is 21.2 Å². The van der Waals surface area contributed by atoms with Crippen LogP contribution in [0.2, 0.25) is 0 Å². The lowest BCUT2D eigenvalue weighted by Crippen LogP contribution is -1.95. The van der Waals surface area contributed by atoms with Crippen molar-refractivity contribution in [1.29, 1.82) is 5.26 Å². The van der Waals surface area contributed by atoms with Crippen molar-refractivity contribution in [2.24, 2.45) is 0 Å². The second-order valence-corrected chi connectivity index (χ2v) is 6.81. The van der Waals surface area contributed by atoms with E-state index in [0.29, 0.717) is 16.7 Å². The minimum atomic E-state index is 0.345. The van der Waals surface area contributed by atoms with Gasteiger partial charge in [0, 0.05) is 22.9 Å². The molecule has 0 spiro atoms. The fourth-order valence-electron chi connectivity index (χ4n) is 1.64. The maximum absolute atomic E-state index is 8.80. The Labute approximate surface area is 115 Å². The quantitative estimate of drug-likeness (QED) is 0.850. The summed E-state index contributed by atoms with van der Waals surface area (Å²) in [5.41, 5.74) is 0. The van der Waals surface area contributed by atoms with Crippen LogP contribution in [0.4, 0.5) is 0 Å². The van der Waals surface area contributed by atoms with E-state index in [1.807, 2.05) is 6.20 Å². The van der Waals surface area contributed by atoms with Crippen LogP contribution < -0.4 is 0 Å². The van der Waals surface area contributed by atoms with Crippen LogP contribution in [0.15, 0.2) is 12.4 Å². The van der Waals surface area contributed by atoms with Crippen molar-refractivity contribution in [3.05, 3.63) is 32.2 Å². The zero-order chi connectivity index (χ0) is 13.1. The molecule has 2 aromatic heterocycles. The molecule has 18 heavy (non-hydrogen) atoms. The first kappa shape index (κ1) is 13.2. The van der Waals surface area contributed by atoms with Gasteiger partial charge in [-0.05, 0) is 6.42 Å². The summed E-state index contributed by atoms with van der Waals surface area (Å²) in [6.45, 7) is 6.47. The van der Waals surface area contributed by atoms with Gasteiger partial charge >= 0.3 is 0 Å². The third-order valence-corrected chi connectivity index (χ3v) is 5.08. The highest BCUT2D eigenvalue weighted by molar-refractivity contribution is 7.12. The normalized spacial score (nSPS) is 12.6. The second kappa shape index (κ2) is 5.59. The van der Waals surface area contributed by atoms with Gasteiger partial charge in [-0.15, -0.1) is 22.7 Å². The summed E-state index contributed by atoms with van der Waals surface area (Å²) in [7, 11) is 0. The molecule has 94 valence electrons. The van der Waals surface area contributed by atoms with Crippen LogP contribution in [-0.2, 0) is 6.42 Å². The molecule has 1 atom stereocenters. The van der Waals surface area contributed by atoms with E-state index in [9.17, 15) is 0 Å². The first-order valence-electron chi connectivity index (χ1n) is 5.90. The van der Waals surface area contributed by atoms with Gasteiger partial charge in [0.25, 0.3) is 0 Å². The fourth-order valence-corrected chi connectivity index (χ4v) is 3.45. The topological polar surface area (TPSA) is 49.6 Å². The molecule has 0 aliphatic heterocycles. The van der Waals surface area contributed by atoms with E-state index in [-0.39, 0.29) is 0 Å². The number of nitrogens with zero attached hydrogens (tertiary/aromatic N) is 3. The maximum Gasteiger partial charge on any atom is 0.124 e. The van der Waals surface area contributed by atoms with Crippen molar-refractivity contribution in [1.82, 2.24) is 9.97 Å². The maximum atomic E-state index is 8.80. The van der Waals surface area contributed by atoms with Gasteiger partial charge in [0.1, 0.15) is 10.9 Å². The Bertz CT molecular complexity index is 563. The van der Waals surface area contributed by atoms with E-state index in [4.69, 9.17) is 5.26 Å². The van der Waals surface area contributed by atoms with Crippen molar-refractivity contribution >= 4 is 22.7 Å². The van der Waals surface area contributed by atoms with Crippen LogP contribution in [0.1, 0.15) is 52.4 Å². The van der Waals surface area contributed by atoms with E-state index in [2.05, 4.69) is 36.8 Å². The minimum absolute atomic E-state index is 0.345. The Kier molecular flexibility index (Phi) is 4.10. The molecule has 0 aromatic carbocycles. The summed E-state index contributed by atoms with van der Waals surface area (Å²) in [5.74, 6) is 0.835. The molecule has 0 aliphatic rings. The largest absolute Gasteiger partial charge is 0.249 e. The standard InChI is InChI=1S/C13H15N3S2/c1-8(2)12-15-6-10(17-12)4-9(3)13-16-7-11(5-14)18-13/h6-9H,4H2,1-3H3. The van der Waals surface area contributed by atoms with E-state index in [0.717, 1.165) is 11.4 Å². The molecule has 1 unspecified atom stereocenters. The molecule has 0 fully saturated rings. The summed E-state index contributed by atoms with van der Waals surface area (Å²) in [6.07, 6.45) is 4.57. The molecule has 0 saturated heterocycles. The smallest absolute Gasteiger partial charge is 0.124 e. The summed E-state index contributed by atoms with van der Waals surface area (Å²) in [4.78, 5) is 10.7. The predicted molar refractivity (Wildman–Crippen MR) is 75.2 cm³/mol. The van der Waals surface area contributed by atoms with Crippen LogP contribution in [0.25, 0.3) is 0 Å². The van der Waals surface area contributed by atoms with Gasteiger partial charge in [0.05, 0.1) is 16.2 Å². The van der Waals surface area contributed by atoms with Gasteiger partial charge < -0.3 is 0 Å². The third-order valence-electron chi connectivity index (χ3n) is 2.63. The van der Waals surface area contributed by atoms with Crippen LogP contribution in [0.5, 0.6) is 0 Å². The van der Waals surface area contributed by atoms with Crippen LogP contribution in [0, 0.1) is 11.3 Å². The number of hydrogen-bond acceptors (Lipinski definition) is 5. The summed E-state index contributed by atoms with van der Waals surface area (Å²) < 4.78 is 0. The number of rotatable bonds is 4. The fraction of sp³-hybridized carbons (Fsp3) is 0.462. The lowest BCUT2D eigenvalue weighted by Gasteiger charge is -2.05. The highest BCUT2D eigenvalue weighted by atomic mass is 32.1. The van der Waals surface area contributed by atoms with Crippen molar-refractivity contribution in [2.45, 2.75) is 39.0 Å². The number of nitriles is 1. The predicted octanol–water partition coefficient (Wildman–Crippen LogP) is 3.94. The van der Waals surface area contributed by atoms with Gasteiger partial charge in [-0.25, -0.2) is 9.97 Å². The van der Waals surface area contributed by atoms with Gasteiger partial charge in [-0.2, -0.15) is 5.26 Å². The van der Waals surface area contributed by atoms with Gasteiger partial charge in [0.15, 0.2) is 0 Å². The summed E-state index contributed by atoms with van der Waals surface area (Å²) >= 11 is 3.26. The van der Waals surface area contributed by atoms with E-state index in [1.54, 1.807) is 17.5 Å². The lowest BCUT2D eigenvalue weighted by molar-refractivity contribution is 0.759. The molecule has 2 aromatic rings. The first-order valence-corrected chi connectivity index (χ1v) is 7.54. The average Bonchev–Trinajstić information content (AvgIpc) is 2.96. The number of thiazole rings is 2. The lowest BCUT2D eigenvalue weighted by atomic mass is 10.1. The molecule has 0 aliphatic carbocycles. The van der Waals surface area contributed by atoms with Crippen molar-refractivity contribution in [2.75, 3.05) is 0 Å². The van der Waals surface area contributed by atoms with Gasteiger partial charge in [-0.1, -0.05) is 20.8 Å². The Morgan fingerprint density at radius 1 is 1.17 bits per heavy atom. The molecule has 0 bridgehead atoms. The van der Waals surface area contributed by atoms with Crippen molar-refractivity contribution in [3.63, 3.8) is 0 Å². The molecule has 0 saturated carbocycles. The summed E-state index contributed by atoms with van der Waals surface area (Å²) in [5, 5.41) is 11.0. The molecule has 5 heteroatoms. The zero-order valence-electron chi connectivity index (χ0n) is 10.7. The highest BCUT2D eigenvalue weighted by Gasteiger charge is 2.14. The molecule has 0 amide bonds. The second-order valence-electron chi connectivity index (χ2n) is 4.60. The van der Waals surface area contributed by atoms with Crippen molar-refractivity contribution in [3.8, 4) is 6.07 Å². The Morgan fingerprint density at radius 2 is 1.89 bits per heavy atom. The van der Waals surface area contributed by atoms with Gasteiger partial charge in [0.2, 0.25) is 0 Å². The Morgan fingerprint density at radius 3 is 2.44 bits per heavy atom. The molecule has 3 nitrogen and oxygen atoms in total.